The van der Waals surface area contributed by atoms with Gasteiger partial charge in [-0.1, -0.05) is 0 Å². The zero-order chi connectivity index (χ0) is 8.39. The number of nitrogens with one attached hydrogen (secondary N) is 1. The third kappa shape index (κ3) is 1.27. The molecule has 0 atom stereocenters. The first-order chi connectivity index (χ1) is 5.88. The van der Waals surface area contributed by atoms with E-state index in [0.29, 0.717) is 0 Å². The molecule has 2 heterocycles. The van der Waals surface area contributed by atoms with Crippen LogP contribution in [0.3, 0.4) is 0 Å². The molecule has 12 heavy (non-hydrogen) atoms. The average Bonchev–Trinajstić information content (AvgIpc) is 2.53. The van der Waals surface area contributed by atoms with Crippen molar-refractivity contribution >= 4 is 0 Å². The topological polar surface area (TPSA) is 59.9 Å². The maximum atomic E-state index is 11.1. The van der Waals surface area contributed by atoms with Crippen LogP contribution >= 0.6 is 0 Å². The zero-order valence-electron chi connectivity index (χ0n) is 6.69. The summed E-state index contributed by atoms with van der Waals surface area (Å²) in [7, 11) is 0. The van der Waals surface area contributed by atoms with E-state index in [0.717, 1.165) is 26.1 Å². The maximum Gasteiger partial charge on any atom is 0.343 e. The molecule has 1 saturated heterocycles. The van der Waals surface area contributed by atoms with Gasteiger partial charge in [0.15, 0.2) is 0 Å². The number of nitrogens with zero attached hydrogens (tertiary/aromatic N) is 2. The molecule has 66 valence electrons. The van der Waals surface area contributed by atoms with Crippen LogP contribution in [-0.4, -0.2) is 28.0 Å². The molecule has 1 aromatic rings. The second-order valence-electron chi connectivity index (χ2n) is 2.88. The Morgan fingerprint density at radius 3 is 2.92 bits per heavy atom. The van der Waals surface area contributed by atoms with Crippen molar-refractivity contribution in [1.82, 2.24) is 14.8 Å². The number of aromatic nitrogens is 3. The summed E-state index contributed by atoms with van der Waals surface area (Å²) in [6.45, 7) is 1.45. The van der Waals surface area contributed by atoms with Gasteiger partial charge in [0.1, 0.15) is 6.33 Å². The lowest BCUT2D eigenvalue weighted by molar-refractivity contribution is 0.0652. The summed E-state index contributed by atoms with van der Waals surface area (Å²) < 4.78 is 6.69. The fraction of sp³-hybridized carbons (Fsp3) is 0.714. The molecule has 0 radical (unpaired) electrons. The van der Waals surface area contributed by atoms with Crippen LogP contribution in [0, 0.1) is 0 Å². The minimum atomic E-state index is -0.123. The van der Waals surface area contributed by atoms with Gasteiger partial charge in [0.25, 0.3) is 0 Å². The number of aromatic amines is 1. The smallest absolute Gasteiger partial charge is 0.343 e. The van der Waals surface area contributed by atoms with E-state index < -0.39 is 0 Å². The van der Waals surface area contributed by atoms with Gasteiger partial charge in [0.05, 0.1) is 6.04 Å². The van der Waals surface area contributed by atoms with E-state index in [9.17, 15) is 4.79 Å². The summed E-state index contributed by atoms with van der Waals surface area (Å²) >= 11 is 0. The molecule has 0 spiro atoms. The molecule has 1 fully saturated rings. The Kier molecular flexibility index (Phi) is 1.95. The van der Waals surface area contributed by atoms with Crippen LogP contribution in [0.5, 0.6) is 0 Å². The van der Waals surface area contributed by atoms with E-state index in [2.05, 4.69) is 10.1 Å². The lowest BCUT2D eigenvalue weighted by Crippen LogP contribution is -2.28. The molecule has 2 rings (SSSR count). The molecule has 0 unspecified atom stereocenters. The zero-order valence-corrected chi connectivity index (χ0v) is 6.69. The fourth-order valence-corrected chi connectivity index (χ4v) is 1.45. The van der Waals surface area contributed by atoms with E-state index in [1.54, 1.807) is 0 Å². The van der Waals surface area contributed by atoms with E-state index in [-0.39, 0.29) is 11.7 Å². The quantitative estimate of drug-likeness (QED) is 0.639. The highest BCUT2D eigenvalue weighted by atomic mass is 16.5. The third-order valence-electron chi connectivity index (χ3n) is 2.11. The Hall–Kier alpha value is -1.10. The summed E-state index contributed by atoms with van der Waals surface area (Å²) in [5.74, 6) is 0. The summed E-state index contributed by atoms with van der Waals surface area (Å²) in [5, 5.41) is 3.93. The Morgan fingerprint density at radius 2 is 2.33 bits per heavy atom. The fourth-order valence-electron chi connectivity index (χ4n) is 1.45. The maximum absolute atomic E-state index is 11.1. The van der Waals surface area contributed by atoms with Gasteiger partial charge in [-0.25, -0.2) is 9.48 Å². The molecule has 1 N–H and O–H groups in total. The van der Waals surface area contributed by atoms with Gasteiger partial charge in [-0.05, 0) is 12.8 Å². The Morgan fingerprint density at radius 1 is 1.58 bits per heavy atom. The number of hydrogen-bond donors (Lipinski definition) is 1. The monoisotopic (exact) mass is 169 g/mol. The Bertz CT molecular complexity index is 298. The predicted octanol–water partition coefficient (Wildman–Crippen LogP) is -0.0771. The van der Waals surface area contributed by atoms with Crippen LogP contribution in [0.2, 0.25) is 0 Å². The predicted molar refractivity (Wildman–Crippen MR) is 41.9 cm³/mol. The molecular weight excluding hydrogens is 158 g/mol. The second kappa shape index (κ2) is 3.10. The highest BCUT2D eigenvalue weighted by molar-refractivity contribution is 4.72. The highest BCUT2D eigenvalue weighted by Gasteiger charge is 2.17. The highest BCUT2D eigenvalue weighted by Crippen LogP contribution is 2.16. The lowest BCUT2D eigenvalue weighted by Gasteiger charge is -2.20. The summed E-state index contributed by atoms with van der Waals surface area (Å²) in [4.78, 5) is 13.6. The van der Waals surface area contributed by atoms with Crippen LogP contribution in [0.15, 0.2) is 11.1 Å². The first-order valence-corrected chi connectivity index (χ1v) is 4.08. The van der Waals surface area contributed by atoms with Crippen molar-refractivity contribution in [2.24, 2.45) is 0 Å². The van der Waals surface area contributed by atoms with Gasteiger partial charge >= 0.3 is 5.69 Å². The van der Waals surface area contributed by atoms with Crippen LogP contribution in [-0.2, 0) is 4.74 Å². The molecule has 5 nitrogen and oxygen atoms in total. The summed E-state index contributed by atoms with van der Waals surface area (Å²) in [5.41, 5.74) is -0.123. The lowest BCUT2D eigenvalue weighted by atomic mass is 10.1. The van der Waals surface area contributed by atoms with Crippen LogP contribution < -0.4 is 5.69 Å². The molecule has 0 bridgehead atoms. The van der Waals surface area contributed by atoms with Crippen molar-refractivity contribution in [2.75, 3.05) is 13.2 Å². The SMILES string of the molecule is O=c1[nH]cnn1C1CCOCC1. The van der Waals surface area contributed by atoms with Gasteiger partial charge in [-0.2, -0.15) is 5.10 Å². The number of H-pyrrole nitrogens is 1. The molecular formula is C7H11N3O2. The molecule has 0 amide bonds. The largest absolute Gasteiger partial charge is 0.381 e. The van der Waals surface area contributed by atoms with Gasteiger partial charge in [-0.15, -0.1) is 0 Å². The second-order valence-corrected chi connectivity index (χ2v) is 2.88. The van der Waals surface area contributed by atoms with Gasteiger partial charge in [0, 0.05) is 13.2 Å². The minimum absolute atomic E-state index is 0.123. The van der Waals surface area contributed by atoms with Crippen molar-refractivity contribution < 1.29 is 4.74 Å². The van der Waals surface area contributed by atoms with Crippen molar-refractivity contribution in [2.45, 2.75) is 18.9 Å². The third-order valence-corrected chi connectivity index (χ3v) is 2.11. The summed E-state index contributed by atoms with van der Waals surface area (Å²) in [6, 6.07) is 0.220. The number of ether oxygens (including phenoxy) is 1. The van der Waals surface area contributed by atoms with Gasteiger partial charge < -0.3 is 4.74 Å². The Labute approximate surface area is 69.4 Å². The molecule has 1 aromatic heterocycles. The minimum Gasteiger partial charge on any atom is -0.381 e. The van der Waals surface area contributed by atoms with Crippen LogP contribution in [0.4, 0.5) is 0 Å². The van der Waals surface area contributed by atoms with Crippen LogP contribution in [0.25, 0.3) is 0 Å². The van der Waals surface area contributed by atoms with E-state index >= 15 is 0 Å². The van der Waals surface area contributed by atoms with Crippen molar-refractivity contribution in [3.8, 4) is 0 Å². The van der Waals surface area contributed by atoms with E-state index in [1.165, 1.54) is 11.0 Å². The number of rotatable bonds is 1. The normalized spacial score (nSPS) is 19.7. The van der Waals surface area contributed by atoms with Crippen molar-refractivity contribution in [3.63, 3.8) is 0 Å². The molecule has 0 saturated carbocycles. The van der Waals surface area contributed by atoms with Crippen molar-refractivity contribution in [3.05, 3.63) is 16.8 Å². The van der Waals surface area contributed by atoms with Gasteiger partial charge in [0.2, 0.25) is 0 Å². The van der Waals surface area contributed by atoms with E-state index in [4.69, 9.17) is 4.74 Å². The molecule has 1 aliphatic heterocycles. The molecule has 1 aliphatic rings. The molecule has 0 aromatic carbocycles. The van der Waals surface area contributed by atoms with Crippen molar-refractivity contribution in [1.29, 1.82) is 0 Å². The molecule has 5 heteroatoms. The standard InChI is InChI=1S/C7H11N3O2/c11-7-8-5-9-10(7)6-1-3-12-4-2-6/h5-6H,1-4H2,(H,8,9,11). The first kappa shape index (κ1) is 7.54. The summed E-state index contributed by atoms with van der Waals surface area (Å²) in [6.07, 6.45) is 3.19. The van der Waals surface area contributed by atoms with E-state index in [1.807, 2.05) is 0 Å². The first-order valence-electron chi connectivity index (χ1n) is 4.08. The molecule has 0 aliphatic carbocycles. The Balaban J connectivity index is 2.18. The van der Waals surface area contributed by atoms with Gasteiger partial charge in [-0.3, -0.25) is 4.98 Å². The van der Waals surface area contributed by atoms with Crippen LogP contribution in [0.1, 0.15) is 18.9 Å². The number of hydrogen-bond acceptors (Lipinski definition) is 3. The average molecular weight is 169 g/mol.